The van der Waals surface area contributed by atoms with Gasteiger partial charge in [0, 0.05) is 37.4 Å². The van der Waals surface area contributed by atoms with Crippen molar-refractivity contribution in [2.75, 3.05) is 39.0 Å². The molecule has 152 valence electrons. The van der Waals surface area contributed by atoms with Gasteiger partial charge in [0.1, 0.15) is 11.4 Å². The molecule has 8 nitrogen and oxygen atoms in total. The molecule has 2 bridgehead atoms. The molecule has 1 fully saturated rings. The fraction of sp³-hybridized carbons (Fsp3) is 0.429. The summed E-state index contributed by atoms with van der Waals surface area (Å²) in [6.45, 7) is 1.94. The predicted molar refractivity (Wildman–Crippen MR) is 109 cm³/mol. The Hall–Kier alpha value is -3.00. The second-order valence-corrected chi connectivity index (χ2v) is 8.10. The minimum atomic E-state index is -0.212. The number of carbonyl (C=O) groups is 2. The zero-order chi connectivity index (χ0) is 20.5. The summed E-state index contributed by atoms with van der Waals surface area (Å²) in [5.74, 6) is 0.0354. The highest BCUT2D eigenvalue weighted by molar-refractivity contribution is 5.92. The van der Waals surface area contributed by atoms with Gasteiger partial charge >= 0.3 is 0 Å². The number of hydrogen-bond acceptors (Lipinski definition) is 5. The molecule has 0 radical (unpaired) electrons. The summed E-state index contributed by atoms with van der Waals surface area (Å²) in [5, 5.41) is 2.72. The highest BCUT2D eigenvalue weighted by Crippen LogP contribution is 2.35. The maximum absolute atomic E-state index is 12.9. The largest absolute Gasteiger partial charge is 0.336 e. The lowest BCUT2D eigenvalue weighted by Crippen LogP contribution is -2.49. The van der Waals surface area contributed by atoms with Gasteiger partial charge in [0.25, 0.3) is 11.5 Å². The first-order chi connectivity index (χ1) is 13.9. The Labute approximate surface area is 169 Å². The van der Waals surface area contributed by atoms with Gasteiger partial charge in [0.05, 0.1) is 6.54 Å². The highest BCUT2D eigenvalue weighted by Gasteiger charge is 2.37. The van der Waals surface area contributed by atoms with Crippen LogP contribution in [0.5, 0.6) is 0 Å². The molecule has 2 amide bonds. The van der Waals surface area contributed by atoms with E-state index in [4.69, 9.17) is 0 Å². The van der Waals surface area contributed by atoms with Crippen molar-refractivity contribution in [3.8, 4) is 0 Å². The van der Waals surface area contributed by atoms with E-state index in [1.54, 1.807) is 48.0 Å². The number of amides is 2. The highest BCUT2D eigenvalue weighted by atomic mass is 16.2. The number of fused-ring (bicyclic) bond motifs is 4. The Morgan fingerprint density at radius 2 is 2.00 bits per heavy atom. The number of likely N-dealkylation sites (N-methyl/N-ethyl adjacent to an activating group) is 1. The van der Waals surface area contributed by atoms with Gasteiger partial charge in [0.15, 0.2) is 0 Å². The van der Waals surface area contributed by atoms with Crippen molar-refractivity contribution in [2.45, 2.75) is 18.9 Å². The number of aromatic nitrogens is 2. The number of nitrogens with one attached hydrogen (secondary N) is 1. The fourth-order valence-electron chi connectivity index (χ4n) is 4.34. The lowest BCUT2D eigenvalue weighted by Gasteiger charge is -2.42. The molecule has 0 saturated carbocycles. The molecule has 0 spiro atoms. The van der Waals surface area contributed by atoms with Crippen LogP contribution in [0.1, 0.15) is 28.5 Å². The third-order valence-electron chi connectivity index (χ3n) is 5.51. The van der Waals surface area contributed by atoms with Gasteiger partial charge < -0.3 is 19.7 Å². The number of carbonyl (C=O) groups excluding carboxylic acids is 2. The van der Waals surface area contributed by atoms with Crippen LogP contribution in [0, 0.1) is 5.92 Å². The molecule has 8 heteroatoms. The molecule has 2 aromatic heterocycles. The molecule has 4 rings (SSSR count). The number of pyridine rings is 2. The third-order valence-corrected chi connectivity index (χ3v) is 5.51. The van der Waals surface area contributed by atoms with Crippen molar-refractivity contribution in [3.63, 3.8) is 0 Å². The first kappa shape index (κ1) is 19.3. The van der Waals surface area contributed by atoms with E-state index in [9.17, 15) is 14.4 Å². The van der Waals surface area contributed by atoms with E-state index >= 15 is 0 Å². The first-order valence-electron chi connectivity index (χ1n) is 9.81. The van der Waals surface area contributed by atoms with Gasteiger partial charge in [-0.25, -0.2) is 0 Å². The zero-order valence-corrected chi connectivity index (χ0v) is 16.7. The number of piperidine rings is 1. The monoisotopic (exact) mass is 395 g/mol. The molecule has 29 heavy (non-hydrogen) atoms. The van der Waals surface area contributed by atoms with Crippen LogP contribution in [0.25, 0.3) is 0 Å². The normalized spacial score (nSPS) is 20.3. The van der Waals surface area contributed by atoms with Crippen molar-refractivity contribution >= 4 is 17.5 Å². The minimum Gasteiger partial charge on any atom is -0.336 e. The molecule has 2 aromatic rings. The molecular weight excluding hydrogens is 370 g/mol. The van der Waals surface area contributed by atoms with Gasteiger partial charge in [-0.2, -0.15) is 0 Å². The summed E-state index contributed by atoms with van der Waals surface area (Å²) in [7, 11) is 3.61. The maximum atomic E-state index is 12.9. The Morgan fingerprint density at radius 1 is 1.17 bits per heavy atom. The molecule has 2 aliphatic rings. The second kappa shape index (κ2) is 7.79. The first-order valence-corrected chi connectivity index (χ1v) is 9.81. The Bertz CT molecular complexity index is 986. The third kappa shape index (κ3) is 3.93. The number of anilines is 1. The quantitative estimate of drug-likeness (QED) is 0.835. The van der Waals surface area contributed by atoms with Crippen LogP contribution in [-0.2, 0) is 11.3 Å². The van der Waals surface area contributed by atoms with Crippen LogP contribution >= 0.6 is 0 Å². The smallest absolute Gasteiger partial charge is 0.274 e. The number of nitrogens with zero attached hydrogens (tertiary/aromatic N) is 4. The zero-order valence-electron chi connectivity index (χ0n) is 16.7. The topological polar surface area (TPSA) is 87.5 Å². The molecule has 0 aliphatic carbocycles. The second-order valence-electron chi connectivity index (χ2n) is 8.10. The fourth-order valence-corrected chi connectivity index (χ4v) is 4.34. The summed E-state index contributed by atoms with van der Waals surface area (Å²) >= 11 is 0. The van der Waals surface area contributed by atoms with E-state index in [2.05, 4.69) is 10.3 Å². The lowest BCUT2D eigenvalue weighted by atomic mass is 9.83. The summed E-state index contributed by atoms with van der Waals surface area (Å²) < 4.78 is 1.77. The van der Waals surface area contributed by atoms with Gasteiger partial charge in [-0.3, -0.25) is 19.4 Å². The van der Waals surface area contributed by atoms with Gasteiger partial charge in [0.2, 0.25) is 5.91 Å². The standard InChI is InChI=1S/C21H25N5O3/c1-24(2)13-19(27)23-17-6-7-18-15-9-14(11-26(18)21(17)29)10-25(12-15)20(28)16-5-3-4-8-22-16/h3-8,14-15H,9-13H2,1-2H3,(H,23,27)/t14-,15+/m0/s1. The summed E-state index contributed by atoms with van der Waals surface area (Å²) in [6.07, 6.45) is 2.58. The van der Waals surface area contributed by atoms with Crippen LogP contribution in [0.15, 0.2) is 41.3 Å². The van der Waals surface area contributed by atoms with E-state index in [0.717, 1.165) is 12.1 Å². The number of hydrogen-bond donors (Lipinski definition) is 1. The summed E-state index contributed by atoms with van der Waals surface area (Å²) in [5.41, 5.74) is 1.51. The summed E-state index contributed by atoms with van der Waals surface area (Å²) in [4.78, 5) is 45.6. The average Bonchev–Trinajstić information content (AvgIpc) is 2.70. The molecule has 1 saturated heterocycles. The van der Waals surface area contributed by atoms with Crippen molar-refractivity contribution < 1.29 is 9.59 Å². The molecule has 0 aromatic carbocycles. The Kier molecular flexibility index (Phi) is 5.19. The summed E-state index contributed by atoms with van der Waals surface area (Å²) in [6, 6.07) is 8.92. The molecule has 0 unspecified atom stereocenters. The predicted octanol–water partition coefficient (Wildman–Crippen LogP) is 1.00. The van der Waals surface area contributed by atoms with Crippen molar-refractivity contribution in [2.24, 2.45) is 5.92 Å². The van der Waals surface area contributed by atoms with Gasteiger partial charge in [-0.1, -0.05) is 6.07 Å². The van der Waals surface area contributed by atoms with Crippen LogP contribution in [0.3, 0.4) is 0 Å². The lowest BCUT2D eigenvalue weighted by molar-refractivity contribution is -0.116. The SMILES string of the molecule is CN(C)CC(=O)Nc1ccc2n(c1=O)C[C@H]1C[C@@H]2CN(C(=O)c2ccccn2)C1. The molecule has 4 heterocycles. The van der Waals surface area contributed by atoms with Crippen LogP contribution in [0.4, 0.5) is 5.69 Å². The van der Waals surface area contributed by atoms with Crippen molar-refractivity contribution in [3.05, 3.63) is 58.3 Å². The average molecular weight is 395 g/mol. The number of likely N-dealkylation sites (tertiary alicyclic amines) is 1. The van der Waals surface area contributed by atoms with Crippen molar-refractivity contribution in [1.82, 2.24) is 19.4 Å². The minimum absolute atomic E-state index is 0.0661. The number of rotatable bonds is 4. The Balaban J connectivity index is 1.55. The van der Waals surface area contributed by atoms with E-state index in [-0.39, 0.29) is 35.8 Å². The van der Waals surface area contributed by atoms with Crippen molar-refractivity contribution in [1.29, 1.82) is 0 Å². The van der Waals surface area contributed by atoms with Gasteiger partial charge in [-0.05, 0) is 50.7 Å². The van der Waals surface area contributed by atoms with E-state index in [0.29, 0.717) is 31.0 Å². The van der Waals surface area contributed by atoms with Crippen LogP contribution < -0.4 is 10.9 Å². The van der Waals surface area contributed by atoms with E-state index < -0.39 is 0 Å². The Morgan fingerprint density at radius 3 is 2.72 bits per heavy atom. The van der Waals surface area contributed by atoms with E-state index in [1.807, 2.05) is 17.0 Å². The van der Waals surface area contributed by atoms with Crippen LogP contribution in [0.2, 0.25) is 0 Å². The van der Waals surface area contributed by atoms with Gasteiger partial charge in [-0.15, -0.1) is 0 Å². The molecule has 2 aliphatic heterocycles. The molecule has 2 atom stereocenters. The van der Waals surface area contributed by atoms with Crippen LogP contribution in [-0.4, -0.2) is 64.9 Å². The van der Waals surface area contributed by atoms with E-state index in [1.165, 1.54) is 0 Å². The maximum Gasteiger partial charge on any atom is 0.274 e. The molecular formula is C21H25N5O3. The molecule has 1 N–H and O–H groups in total.